The molecule has 3 nitrogen and oxygen atoms in total. The van der Waals surface area contributed by atoms with Gasteiger partial charge in [0.1, 0.15) is 5.75 Å². The fraction of sp³-hybridized carbons (Fsp3) is 0.529. The lowest BCUT2D eigenvalue weighted by molar-refractivity contribution is -0.0566. The lowest BCUT2D eigenvalue weighted by atomic mass is 10.1. The van der Waals surface area contributed by atoms with Crippen molar-refractivity contribution in [3.05, 3.63) is 30.3 Å². The van der Waals surface area contributed by atoms with Gasteiger partial charge in [0, 0.05) is 25.9 Å². The second-order valence-corrected chi connectivity index (χ2v) is 5.08. The Balaban J connectivity index is 1.42. The summed E-state index contributed by atoms with van der Waals surface area (Å²) in [7, 11) is 0. The van der Waals surface area contributed by atoms with Gasteiger partial charge in [0.15, 0.2) is 0 Å². The Morgan fingerprint density at radius 1 is 1.15 bits per heavy atom. The van der Waals surface area contributed by atoms with E-state index in [1.54, 1.807) is 0 Å². The van der Waals surface area contributed by atoms with Crippen LogP contribution in [-0.2, 0) is 4.74 Å². The van der Waals surface area contributed by atoms with Crippen molar-refractivity contribution >= 4 is 0 Å². The first-order valence-corrected chi connectivity index (χ1v) is 7.34. The third kappa shape index (κ3) is 5.24. The predicted molar refractivity (Wildman–Crippen MR) is 80.8 cm³/mol. The molecule has 2 rings (SSSR count). The van der Waals surface area contributed by atoms with Gasteiger partial charge in [0.2, 0.25) is 0 Å². The van der Waals surface area contributed by atoms with Gasteiger partial charge in [-0.3, -0.25) is 4.90 Å². The average molecular weight is 273 g/mol. The molecule has 0 N–H and O–H groups in total. The first kappa shape index (κ1) is 14.9. The molecule has 0 unspecified atom stereocenters. The summed E-state index contributed by atoms with van der Waals surface area (Å²) in [4.78, 5) is 2.39. The summed E-state index contributed by atoms with van der Waals surface area (Å²) in [5.74, 6) is 3.60. The summed E-state index contributed by atoms with van der Waals surface area (Å²) < 4.78 is 11.4. The number of hydrogen-bond donors (Lipinski definition) is 0. The molecule has 0 aliphatic carbocycles. The van der Waals surface area contributed by atoms with E-state index in [0.29, 0.717) is 12.7 Å². The number of ether oxygens (including phenoxy) is 2. The van der Waals surface area contributed by atoms with Crippen LogP contribution in [0.15, 0.2) is 30.3 Å². The van der Waals surface area contributed by atoms with Crippen LogP contribution >= 0.6 is 0 Å². The van der Waals surface area contributed by atoms with Crippen molar-refractivity contribution in [1.82, 2.24) is 4.90 Å². The fourth-order valence-corrected chi connectivity index (χ4v) is 2.23. The Labute approximate surface area is 121 Å². The molecule has 1 saturated heterocycles. The molecule has 0 radical (unpaired) electrons. The minimum atomic E-state index is 0.401. The van der Waals surface area contributed by atoms with Crippen molar-refractivity contribution < 1.29 is 9.47 Å². The van der Waals surface area contributed by atoms with E-state index in [9.17, 15) is 0 Å². The van der Waals surface area contributed by atoms with Crippen LogP contribution in [0.4, 0.5) is 0 Å². The summed E-state index contributed by atoms with van der Waals surface area (Å²) in [5, 5.41) is 0. The van der Waals surface area contributed by atoms with Crippen molar-refractivity contribution in [1.29, 1.82) is 0 Å². The maximum absolute atomic E-state index is 5.79. The highest BCUT2D eigenvalue weighted by Crippen LogP contribution is 2.13. The maximum Gasteiger partial charge on any atom is 0.119 e. The third-order valence-corrected chi connectivity index (χ3v) is 3.37. The Hall–Kier alpha value is -1.50. The monoisotopic (exact) mass is 273 g/mol. The minimum Gasteiger partial charge on any atom is -0.494 e. The smallest absolute Gasteiger partial charge is 0.119 e. The number of nitrogens with zero attached hydrogens (tertiary/aromatic N) is 1. The quantitative estimate of drug-likeness (QED) is 0.510. The molecule has 1 aromatic carbocycles. The molecular weight excluding hydrogens is 250 g/mol. The Morgan fingerprint density at radius 3 is 2.70 bits per heavy atom. The van der Waals surface area contributed by atoms with E-state index < -0.39 is 0 Å². The number of likely N-dealkylation sites (tertiary alicyclic amines) is 1. The Morgan fingerprint density at radius 2 is 1.95 bits per heavy atom. The van der Waals surface area contributed by atoms with Gasteiger partial charge in [0.05, 0.1) is 19.3 Å². The van der Waals surface area contributed by atoms with E-state index in [4.69, 9.17) is 15.9 Å². The third-order valence-electron chi connectivity index (χ3n) is 3.37. The van der Waals surface area contributed by atoms with Crippen molar-refractivity contribution in [2.75, 3.05) is 32.8 Å². The van der Waals surface area contributed by atoms with Crippen LogP contribution in [0.1, 0.15) is 19.3 Å². The van der Waals surface area contributed by atoms with Gasteiger partial charge in [-0.15, -0.1) is 12.3 Å². The largest absolute Gasteiger partial charge is 0.494 e. The number of hydrogen-bond acceptors (Lipinski definition) is 3. The molecule has 1 fully saturated rings. The molecule has 3 heteroatoms. The van der Waals surface area contributed by atoms with Crippen LogP contribution in [0.3, 0.4) is 0 Å². The lowest BCUT2D eigenvalue weighted by Gasteiger charge is -2.38. The molecule has 1 aliphatic heterocycles. The van der Waals surface area contributed by atoms with Crippen molar-refractivity contribution in [2.45, 2.75) is 25.4 Å². The average Bonchev–Trinajstić information content (AvgIpc) is 2.44. The first-order chi connectivity index (χ1) is 9.88. The zero-order chi connectivity index (χ0) is 14.0. The highest BCUT2D eigenvalue weighted by Gasteiger charge is 2.26. The van der Waals surface area contributed by atoms with Crippen LogP contribution in [-0.4, -0.2) is 43.9 Å². The molecule has 0 spiro atoms. The topological polar surface area (TPSA) is 21.7 Å². The number of terminal acetylenes is 1. The predicted octanol–water partition coefficient (Wildman–Crippen LogP) is 2.57. The molecule has 1 heterocycles. The molecule has 0 bridgehead atoms. The molecule has 20 heavy (non-hydrogen) atoms. The normalized spacial score (nSPS) is 15.6. The second-order valence-electron chi connectivity index (χ2n) is 5.08. The van der Waals surface area contributed by atoms with E-state index in [1.807, 2.05) is 30.3 Å². The summed E-state index contributed by atoms with van der Waals surface area (Å²) in [5.41, 5.74) is 0. The lowest BCUT2D eigenvalue weighted by Crippen LogP contribution is -2.52. The molecule has 0 atom stereocenters. The number of benzene rings is 1. The second kappa shape index (κ2) is 8.63. The van der Waals surface area contributed by atoms with Crippen molar-refractivity contribution in [3.8, 4) is 18.1 Å². The summed E-state index contributed by atoms with van der Waals surface area (Å²) in [6.45, 7) is 4.67. The Bertz CT molecular complexity index is 407. The van der Waals surface area contributed by atoms with Gasteiger partial charge in [-0.05, 0) is 25.1 Å². The molecule has 1 aromatic rings. The summed E-state index contributed by atoms with van der Waals surface area (Å²) >= 11 is 0. The molecule has 108 valence electrons. The highest BCUT2D eigenvalue weighted by molar-refractivity contribution is 5.20. The Kier molecular flexibility index (Phi) is 6.43. The van der Waals surface area contributed by atoms with Crippen molar-refractivity contribution in [2.24, 2.45) is 0 Å². The summed E-state index contributed by atoms with van der Waals surface area (Å²) in [6, 6.07) is 9.90. The first-order valence-electron chi connectivity index (χ1n) is 7.34. The standard InChI is InChI=1S/C17H23NO2/c1-2-3-7-11-18-14-17(15-18)20-13-8-12-19-16-9-5-4-6-10-16/h1,4-6,9-10,17H,3,7-8,11-15H2. The molecule has 0 amide bonds. The van der Waals surface area contributed by atoms with E-state index in [2.05, 4.69) is 10.8 Å². The van der Waals surface area contributed by atoms with E-state index >= 15 is 0 Å². The molecular formula is C17H23NO2. The molecule has 0 aromatic heterocycles. The minimum absolute atomic E-state index is 0.401. The van der Waals surface area contributed by atoms with Gasteiger partial charge >= 0.3 is 0 Å². The summed E-state index contributed by atoms with van der Waals surface area (Å²) in [6.07, 6.45) is 8.53. The van der Waals surface area contributed by atoms with Gasteiger partial charge in [-0.2, -0.15) is 0 Å². The SMILES string of the molecule is C#CCCCN1CC(OCCCOc2ccccc2)C1. The number of rotatable bonds is 9. The molecule has 0 saturated carbocycles. The van der Waals surface area contributed by atoms with Crippen LogP contribution in [0.5, 0.6) is 5.75 Å². The van der Waals surface area contributed by atoms with E-state index in [0.717, 1.165) is 51.3 Å². The van der Waals surface area contributed by atoms with Crippen LogP contribution < -0.4 is 4.74 Å². The molecule has 1 aliphatic rings. The zero-order valence-corrected chi connectivity index (χ0v) is 12.0. The van der Waals surface area contributed by atoms with Crippen LogP contribution in [0.25, 0.3) is 0 Å². The van der Waals surface area contributed by atoms with Gasteiger partial charge in [-0.25, -0.2) is 0 Å². The highest BCUT2D eigenvalue weighted by atomic mass is 16.5. The van der Waals surface area contributed by atoms with E-state index in [1.165, 1.54) is 0 Å². The van der Waals surface area contributed by atoms with Crippen LogP contribution in [0, 0.1) is 12.3 Å². The van der Waals surface area contributed by atoms with Gasteiger partial charge in [0.25, 0.3) is 0 Å². The number of unbranched alkanes of at least 4 members (excludes halogenated alkanes) is 1. The van der Waals surface area contributed by atoms with Gasteiger partial charge in [-0.1, -0.05) is 18.2 Å². The number of para-hydroxylation sites is 1. The van der Waals surface area contributed by atoms with E-state index in [-0.39, 0.29) is 0 Å². The van der Waals surface area contributed by atoms with Crippen molar-refractivity contribution in [3.63, 3.8) is 0 Å². The maximum atomic E-state index is 5.79. The van der Waals surface area contributed by atoms with Crippen LogP contribution in [0.2, 0.25) is 0 Å². The fourth-order valence-electron chi connectivity index (χ4n) is 2.23. The van der Waals surface area contributed by atoms with Gasteiger partial charge < -0.3 is 9.47 Å². The zero-order valence-electron chi connectivity index (χ0n) is 12.0.